The van der Waals surface area contributed by atoms with E-state index in [0.717, 1.165) is 52.0 Å². The summed E-state index contributed by atoms with van der Waals surface area (Å²) >= 11 is 0. The molecule has 0 aromatic carbocycles. The van der Waals surface area contributed by atoms with E-state index in [2.05, 4.69) is 27.4 Å². The van der Waals surface area contributed by atoms with Crippen LogP contribution in [0.25, 0.3) is 0 Å². The van der Waals surface area contributed by atoms with Crippen molar-refractivity contribution in [3.63, 3.8) is 0 Å². The number of ether oxygens (including phenoxy) is 1. The first-order chi connectivity index (χ1) is 11.1. The molecule has 2 aliphatic heterocycles. The molecular weight excluding hydrogens is 296 g/mol. The number of hydrogen-bond acceptors (Lipinski definition) is 5. The first-order valence-electron chi connectivity index (χ1n) is 8.62. The average molecular weight is 326 g/mol. The third-order valence-electron chi connectivity index (χ3n) is 4.67. The molecule has 0 bridgehead atoms. The number of carbonyl (C=O) groups is 2. The maximum absolute atomic E-state index is 12.2. The summed E-state index contributed by atoms with van der Waals surface area (Å²) in [6.07, 6.45) is 2.69. The Morgan fingerprint density at radius 1 is 1.39 bits per heavy atom. The van der Waals surface area contributed by atoms with Crippen LogP contribution >= 0.6 is 0 Å². The molecule has 0 aliphatic carbocycles. The Labute approximate surface area is 138 Å². The largest absolute Gasteiger partial charge is 0.383 e. The molecule has 2 saturated heterocycles. The minimum Gasteiger partial charge on any atom is -0.383 e. The van der Waals surface area contributed by atoms with Gasteiger partial charge in [-0.05, 0) is 26.2 Å². The van der Waals surface area contributed by atoms with Gasteiger partial charge in [-0.2, -0.15) is 0 Å². The van der Waals surface area contributed by atoms with E-state index in [1.54, 1.807) is 7.11 Å². The number of hydrogen-bond donors (Lipinski definition) is 2. The van der Waals surface area contributed by atoms with E-state index in [-0.39, 0.29) is 17.9 Å². The van der Waals surface area contributed by atoms with Crippen molar-refractivity contribution in [3.05, 3.63) is 0 Å². The molecule has 2 aliphatic rings. The molecule has 2 fully saturated rings. The molecule has 2 amide bonds. The molecule has 0 aromatic rings. The Kier molecular flexibility index (Phi) is 7.26. The smallest absolute Gasteiger partial charge is 0.242 e. The molecule has 0 aromatic heterocycles. The summed E-state index contributed by atoms with van der Waals surface area (Å²) in [5.74, 6) is -0.0989. The van der Waals surface area contributed by atoms with E-state index in [4.69, 9.17) is 4.74 Å². The van der Waals surface area contributed by atoms with Gasteiger partial charge in [-0.3, -0.25) is 19.4 Å². The van der Waals surface area contributed by atoms with Crippen LogP contribution in [-0.4, -0.2) is 86.7 Å². The molecule has 132 valence electrons. The van der Waals surface area contributed by atoms with Crippen LogP contribution < -0.4 is 10.6 Å². The molecule has 7 heteroatoms. The van der Waals surface area contributed by atoms with Gasteiger partial charge in [0.1, 0.15) is 6.04 Å². The van der Waals surface area contributed by atoms with E-state index in [0.29, 0.717) is 19.1 Å². The Bertz CT molecular complexity index is 405. The molecule has 23 heavy (non-hydrogen) atoms. The highest BCUT2D eigenvalue weighted by Crippen LogP contribution is 2.09. The van der Waals surface area contributed by atoms with Gasteiger partial charge in [0.25, 0.3) is 0 Å². The van der Waals surface area contributed by atoms with Gasteiger partial charge in [-0.25, -0.2) is 0 Å². The van der Waals surface area contributed by atoms with Gasteiger partial charge in [0.05, 0.1) is 13.2 Å². The minimum absolute atomic E-state index is 0.0476. The van der Waals surface area contributed by atoms with Crippen molar-refractivity contribution in [2.45, 2.75) is 38.3 Å². The number of nitrogens with one attached hydrogen (secondary N) is 2. The number of methoxy groups -OCH3 is 1. The Balaban J connectivity index is 1.74. The van der Waals surface area contributed by atoms with Gasteiger partial charge in [0.15, 0.2) is 0 Å². The third kappa shape index (κ3) is 5.75. The number of carbonyl (C=O) groups excluding carboxylic acids is 2. The zero-order valence-electron chi connectivity index (χ0n) is 14.3. The van der Waals surface area contributed by atoms with Crippen molar-refractivity contribution in [3.8, 4) is 0 Å². The van der Waals surface area contributed by atoms with Crippen molar-refractivity contribution in [2.24, 2.45) is 0 Å². The number of piperazine rings is 1. The molecular formula is C16H30N4O3. The van der Waals surface area contributed by atoms with E-state index in [9.17, 15) is 9.59 Å². The molecule has 2 N–H and O–H groups in total. The van der Waals surface area contributed by atoms with E-state index in [1.165, 1.54) is 0 Å². The molecule has 0 spiro atoms. The topological polar surface area (TPSA) is 73.9 Å². The van der Waals surface area contributed by atoms with Crippen LogP contribution in [0.5, 0.6) is 0 Å². The Hall–Kier alpha value is -1.18. The first kappa shape index (κ1) is 18.2. The van der Waals surface area contributed by atoms with Gasteiger partial charge >= 0.3 is 0 Å². The van der Waals surface area contributed by atoms with Crippen LogP contribution in [0.1, 0.15) is 26.2 Å². The second-order valence-electron chi connectivity index (χ2n) is 6.52. The van der Waals surface area contributed by atoms with Crippen LogP contribution in [0.15, 0.2) is 0 Å². The summed E-state index contributed by atoms with van der Waals surface area (Å²) < 4.78 is 5.13. The zero-order valence-corrected chi connectivity index (χ0v) is 14.3. The van der Waals surface area contributed by atoms with Crippen LogP contribution in [-0.2, 0) is 14.3 Å². The molecule has 0 radical (unpaired) electrons. The summed E-state index contributed by atoms with van der Waals surface area (Å²) in [5.41, 5.74) is 0. The highest BCUT2D eigenvalue weighted by molar-refractivity contribution is 5.88. The van der Waals surface area contributed by atoms with Crippen LogP contribution in [0.4, 0.5) is 0 Å². The Morgan fingerprint density at radius 2 is 2.22 bits per heavy atom. The summed E-state index contributed by atoms with van der Waals surface area (Å²) in [6, 6.07) is 0.0401. The highest BCUT2D eigenvalue weighted by atomic mass is 16.5. The van der Waals surface area contributed by atoms with Crippen molar-refractivity contribution in [1.82, 2.24) is 20.4 Å². The van der Waals surface area contributed by atoms with Gasteiger partial charge in [0.2, 0.25) is 11.8 Å². The molecule has 0 saturated carbocycles. The molecule has 7 nitrogen and oxygen atoms in total. The lowest BCUT2D eigenvalue weighted by atomic mass is 10.1. The van der Waals surface area contributed by atoms with Crippen LogP contribution in [0, 0.1) is 0 Å². The molecule has 2 heterocycles. The molecule has 2 rings (SSSR count). The van der Waals surface area contributed by atoms with E-state index >= 15 is 0 Å². The predicted molar refractivity (Wildman–Crippen MR) is 88.1 cm³/mol. The van der Waals surface area contributed by atoms with Gasteiger partial charge in [0, 0.05) is 45.9 Å². The minimum atomic E-state index is -0.370. The van der Waals surface area contributed by atoms with Crippen LogP contribution in [0.2, 0.25) is 0 Å². The normalized spacial score (nSPS) is 27.3. The van der Waals surface area contributed by atoms with E-state index in [1.807, 2.05) is 0 Å². The number of amides is 2. The maximum Gasteiger partial charge on any atom is 0.242 e. The number of nitrogens with zero attached hydrogens (tertiary/aromatic N) is 2. The fourth-order valence-electron chi connectivity index (χ4n) is 3.28. The van der Waals surface area contributed by atoms with Gasteiger partial charge in [-0.15, -0.1) is 0 Å². The lowest BCUT2D eigenvalue weighted by Crippen LogP contribution is -2.55. The third-order valence-corrected chi connectivity index (χ3v) is 4.67. The quantitative estimate of drug-likeness (QED) is 0.683. The first-order valence-corrected chi connectivity index (χ1v) is 8.62. The lowest BCUT2D eigenvalue weighted by Gasteiger charge is -2.39. The summed E-state index contributed by atoms with van der Waals surface area (Å²) in [7, 11) is 1.72. The second kappa shape index (κ2) is 9.20. The molecule has 2 atom stereocenters. The predicted octanol–water partition coefficient (Wildman–Crippen LogP) is -0.576. The SMILES string of the molecule is COCCN1CCN(CC(=O)N[C@@H]2CCCCNC2=O)C[C@H]1C. The van der Waals surface area contributed by atoms with Gasteiger partial charge in [-0.1, -0.05) is 0 Å². The highest BCUT2D eigenvalue weighted by Gasteiger charge is 2.26. The van der Waals surface area contributed by atoms with Crippen molar-refractivity contribution >= 4 is 11.8 Å². The maximum atomic E-state index is 12.2. The number of rotatable bonds is 6. The molecule has 0 unspecified atom stereocenters. The standard InChI is InChI=1S/C16H30N4O3/c1-13-11-19(7-8-20(13)9-10-23-2)12-15(21)18-14-5-3-4-6-17-16(14)22/h13-14H,3-12H2,1-2H3,(H,17,22)(H,18,21)/t13-,14-/m1/s1. The lowest BCUT2D eigenvalue weighted by molar-refractivity contribution is -0.129. The summed E-state index contributed by atoms with van der Waals surface area (Å²) in [6.45, 7) is 7.62. The van der Waals surface area contributed by atoms with Gasteiger partial charge < -0.3 is 15.4 Å². The summed E-state index contributed by atoms with van der Waals surface area (Å²) in [5, 5.41) is 5.74. The van der Waals surface area contributed by atoms with Crippen molar-refractivity contribution in [2.75, 3.05) is 53.0 Å². The fourth-order valence-corrected chi connectivity index (χ4v) is 3.28. The van der Waals surface area contributed by atoms with E-state index < -0.39 is 0 Å². The monoisotopic (exact) mass is 326 g/mol. The fraction of sp³-hybridized carbons (Fsp3) is 0.875. The summed E-state index contributed by atoms with van der Waals surface area (Å²) in [4.78, 5) is 28.7. The second-order valence-corrected chi connectivity index (χ2v) is 6.52. The van der Waals surface area contributed by atoms with Crippen LogP contribution in [0.3, 0.4) is 0 Å². The average Bonchev–Trinajstić information content (AvgIpc) is 2.71. The Morgan fingerprint density at radius 3 is 2.96 bits per heavy atom. The van der Waals surface area contributed by atoms with Crippen molar-refractivity contribution < 1.29 is 14.3 Å². The van der Waals surface area contributed by atoms with Crippen molar-refractivity contribution in [1.29, 1.82) is 0 Å². The zero-order chi connectivity index (χ0) is 16.7.